The summed E-state index contributed by atoms with van der Waals surface area (Å²) in [5.74, 6) is 0. The summed E-state index contributed by atoms with van der Waals surface area (Å²) in [6.45, 7) is 1.93. The van der Waals surface area contributed by atoms with E-state index in [0.717, 1.165) is 6.54 Å². The monoisotopic (exact) mass is 195 g/mol. The van der Waals surface area contributed by atoms with E-state index in [-0.39, 0.29) is 6.17 Å². The normalized spacial score (nSPS) is 22.3. The molecule has 2 N–H and O–H groups in total. The summed E-state index contributed by atoms with van der Waals surface area (Å²) in [6.07, 6.45) is 2.79. The highest BCUT2D eigenvalue weighted by Gasteiger charge is 2.26. The molecule has 5 heteroatoms. The quantitative estimate of drug-likeness (QED) is 0.688. The van der Waals surface area contributed by atoms with Crippen LogP contribution in [0, 0.1) is 0 Å². The van der Waals surface area contributed by atoms with Gasteiger partial charge in [0, 0.05) is 32.0 Å². The Hall–Kier alpha value is -1.49. The van der Waals surface area contributed by atoms with Crippen LogP contribution in [0.25, 0.3) is 0 Å². The first-order valence-electron chi connectivity index (χ1n) is 4.62. The summed E-state index contributed by atoms with van der Waals surface area (Å²) >= 11 is 0. The van der Waals surface area contributed by atoms with Gasteiger partial charge in [-0.25, -0.2) is 4.79 Å². The number of hydrogen-bond acceptors (Lipinski definition) is 2. The van der Waals surface area contributed by atoms with Gasteiger partial charge in [-0.1, -0.05) is 0 Å². The van der Waals surface area contributed by atoms with Gasteiger partial charge in [-0.15, -0.1) is 0 Å². The Kier molecular flexibility index (Phi) is 2.41. The van der Waals surface area contributed by atoms with Crippen molar-refractivity contribution in [2.24, 2.45) is 0 Å². The molecule has 5 nitrogen and oxygen atoms in total. The number of hydrogen-bond donors (Lipinski definition) is 2. The van der Waals surface area contributed by atoms with Crippen LogP contribution < -0.4 is 5.32 Å². The standard InChI is InChI=1S/C9H13N3O2/c13-9(14)12-6-3-10-7-8(12)11-4-1-2-5-11/h1-2,4-5,8,10H,3,6-7H2,(H,13,14). The van der Waals surface area contributed by atoms with Crippen molar-refractivity contribution < 1.29 is 9.90 Å². The predicted molar refractivity (Wildman–Crippen MR) is 51.1 cm³/mol. The van der Waals surface area contributed by atoms with Crippen molar-refractivity contribution in [3.05, 3.63) is 24.5 Å². The first-order valence-corrected chi connectivity index (χ1v) is 4.62. The molecule has 1 saturated heterocycles. The third-order valence-corrected chi connectivity index (χ3v) is 2.43. The summed E-state index contributed by atoms with van der Waals surface area (Å²) in [7, 11) is 0. The number of carbonyl (C=O) groups is 1. The van der Waals surface area contributed by atoms with E-state index in [2.05, 4.69) is 5.32 Å². The lowest BCUT2D eigenvalue weighted by Gasteiger charge is -2.34. The van der Waals surface area contributed by atoms with Crippen molar-refractivity contribution in [1.29, 1.82) is 0 Å². The largest absolute Gasteiger partial charge is 0.465 e. The second-order valence-electron chi connectivity index (χ2n) is 3.29. The summed E-state index contributed by atoms with van der Waals surface area (Å²) in [6, 6.07) is 3.79. The van der Waals surface area contributed by atoms with Gasteiger partial charge >= 0.3 is 6.09 Å². The third kappa shape index (κ3) is 1.58. The second kappa shape index (κ2) is 3.71. The number of carboxylic acid groups (broad SMARTS) is 1. The highest BCUT2D eigenvalue weighted by Crippen LogP contribution is 2.15. The first-order chi connectivity index (χ1) is 6.79. The van der Waals surface area contributed by atoms with Gasteiger partial charge in [-0.2, -0.15) is 0 Å². The Morgan fingerprint density at radius 2 is 2.14 bits per heavy atom. The van der Waals surface area contributed by atoms with Crippen molar-refractivity contribution in [2.75, 3.05) is 19.6 Å². The molecule has 76 valence electrons. The Balaban J connectivity index is 2.18. The molecule has 0 saturated carbocycles. The minimum atomic E-state index is -0.856. The molecule has 0 bridgehead atoms. The molecule has 1 fully saturated rings. The average molecular weight is 195 g/mol. The Morgan fingerprint density at radius 1 is 1.43 bits per heavy atom. The van der Waals surface area contributed by atoms with E-state index in [0.29, 0.717) is 13.1 Å². The molecule has 1 aromatic rings. The van der Waals surface area contributed by atoms with Crippen molar-refractivity contribution in [3.63, 3.8) is 0 Å². The van der Waals surface area contributed by atoms with Crippen molar-refractivity contribution >= 4 is 6.09 Å². The van der Waals surface area contributed by atoms with E-state index >= 15 is 0 Å². The van der Waals surface area contributed by atoms with E-state index in [1.165, 1.54) is 4.90 Å². The Labute approximate surface area is 81.9 Å². The lowest BCUT2D eigenvalue weighted by molar-refractivity contribution is 0.0871. The van der Waals surface area contributed by atoms with Crippen LogP contribution in [0.1, 0.15) is 6.17 Å². The molecule has 1 aromatic heterocycles. The van der Waals surface area contributed by atoms with E-state index in [1.54, 1.807) is 0 Å². The minimum absolute atomic E-state index is 0.115. The van der Waals surface area contributed by atoms with E-state index < -0.39 is 6.09 Å². The number of aromatic nitrogens is 1. The van der Waals surface area contributed by atoms with Crippen LogP contribution in [-0.2, 0) is 0 Å². The van der Waals surface area contributed by atoms with Gasteiger partial charge in [-0.05, 0) is 12.1 Å². The summed E-state index contributed by atoms with van der Waals surface area (Å²) < 4.78 is 1.90. The molecule has 0 radical (unpaired) electrons. The molecular formula is C9H13N3O2. The lowest BCUT2D eigenvalue weighted by Crippen LogP contribution is -2.50. The average Bonchev–Trinajstić information content (AvgIpc) is 2.70. The van der Waals surface area contributed by atoms with Crippen LogP contribution in [0.2, 0.25) is 0 Å². The second-order valence-corrected chi connectivity index (χ2v) is 3.29. The van der Waals surface area contributed by atoms with Gasteiger partial charge in [0.25, 0.3) is 0 Å². The molecule has 1 amide bonds. The summed E-state index contributed by atoms with van der Waals surface area (Å²) in [4.78, 5) is 12.4. The number of piperazine rings is 1. The molecule has 0 aliphatic carbocycles. The van der Waals surface area contributed by atoms with Gasteiger partial charge < -0.3 is 15.0 Å². The third-order valence-electron chi connectivity index (χ3n) is 2.43. The van der Waals surface area contributed by atoms with E-state index in [1.807, 2.05) is 29.1 Å². The number of nitrogens with one attached hydrogen (secondary N) is 1. The topological polar surface area (TPSA) is 57.5 Å². The molecule has 2 heterocycles. The minimum Gasteiger partial charge on any atom is -0.465 e. The van der Waals surface area contributed by atoms with E-state index in [4.69, 9.17) is 5.11 Å². The van der Waals surface area contributed by atoms with Gasteiger partial charge in [0.05, 0.1) is 0 Å². The maximum Gasteiger partial charge on any atom is 0.409 e. The van der Waals surface area contributed by atoms with Gasteiger partial charge in [-0.3, -0.25) is 4.90 Å². The summed E-state index contributed by atoms with van der Waals surface area (Å²) in [5, 5.41) is 12.2. The zero-order valence-electron chi connectivity index (χ0n) is 7.76. The van der Waals surface area contributed by atoms with Crippen molar-refractivity contribution in [3.8, 4) is 0 Å². The molecule has 0 aromatic carbocycles. The van der Waals surface area contributed by atoms with Gasteiger partial charge in [0.1, 0.15) is 6.17 Å². The van der Waals surface area contributed by atoms with Gasteiger partial charge in [0.2, 0.25) is 0 Å². The highest BCUT2D eigenvalue weighted by atomic mass is 16.4. The van der Waals surface area contributed by atoms with Crippen molar-refractivity contribution in [2.45, 2.75) is 6.17 Å². The molecule has 2 rings (SSSR count). The number of nitrogens with zero attached hydrogens (tertiary/aromatic N) is 2. The molecule has 1 aliphatic heterocycles. The SMILES string of the molecule is O=C(O)N1CCNCC1n1cccc1. The van der Waals surface area contributed by atoms with Crippen LogP contribution in [-0.4, -0.2) is 40.3 Å². The Morgan fingerprint density at radius 3 is 2.79 bits per heavy atom. The van der Waals surface area contributed by atoms with Crippen molar-refractivity contribution in [1.82, 2.24) is 14.8 Å². The maximum atomic E-state index is 10.9. The maximum absolute atomic E-state index is 10.9. The fourth-order valence-electron chi connectivity index (χ4n) is 1.73. The van der Waals surface area contributed by atoms with E-state index in [9.17, 15) is 4.79 Å². The van der Waals surface area contributed by atoms with Crippen LogP contribution in [0.4, 0.5) is 4.79 Å². The van der Waals surface area contributed by atoms with Crippen LogP contribution in [0.3, 0.4) is 0 Å². The molecule has 1 unspecified atom stereocenters. The number of rotatable bonds is 1. The smallest absolute Gasteiger partial charge is 0.409 e. The predicted octanol–water partition coefficient (Wildman–Crippen LogP) is 0.570. The lowest BCUT2D eigenvalue weighted by atomic mass is 10.3. The van der Waals surface area contributed by atoms with Crippen LogP contribution in [0.15, 0.2) is 24.5 Å². The zero-order valence-corrected chi connectivity index (χ0v) is 7.76. The van der Waals surface area contributed by atoms with Crippen LogP contribution in [0.5, 0.6) is 0 Å². The fourth-order valence-corrected chi connectivity index (χ4v) is 1.73. The summed E-state index contributed by atoms with van der Waals surface area (Å²) in [5.41, 5.74) is 0. The molecule has 14 heavy (non-hydrogen) atoms. The molecule has 1 atom stereocenters. The van der Waals surface area contributed by atoms with Crippen LogP contribution >= 0.6 is 0 Å². The number of amides is 1. The molecule has 0 spiro atoms. The highest BCUT2D eigenvalue weighted by molar-refractivity contribution is 5.65. The van der Waals surface area contributed by atoms with Gasteiger partial charge in [0.15, 0.2) is 0 Å². The zero-order chi connectivity index (χ0) is 9.97. The molecule has 1 aliphatic rings. The first kappa shape index (κ1) is 9.08. The Bertz CT molecular complexity index is 310. The fraction of sp³-hybridized carbons (Fsp3) is 0.444. The molecular weight excluding hydrogens is 182 g/mol.